The van der Waals surface area contributed by atoms with Gasteiger partial charge in [-0.3, -0.25) is 14.2 Å². The molecule has 0 aliphatic heterocycles. The maximum atomic E-state index is 13.1. The number of para-hydroxylation sites is 1. The number of rotatable bonds is 5. The van der Waals surface area contributed by atoms with E-state index < -0.39 is 0 Å². The van der Waals surface area contributed by atoms with Gasteiger partial charge in [-0.1, -0.05) is 18.2 Å². The van der Waals surface area contributed by atoms with Crippen LogP contribution in [0.25, 0.3) is 20.7 Å². The number of thiophene rings is 2. The summed E-state index contributed by atoms with van der Waals surface area (Å²) in [7, 11) is 0. The van der Waals surface area contributed by atoms with Gasteiger partial charge in [0.25, 0.3) is 5.56 Å². The summed E-state index contributed by atoms with van der Waals surface area (Å²) in [5.74, 6) is -0.138. The van der Waals surface area contributed by atoms with Crippen LogP contribution in [-0.2, 0) is 11.3 Å². The number of hydrogen-bond acceptors (Lipinski definition) is 5. The molecule has 0 aliphatic rings. The van der Waals surface area contributed by atoms with Crippen molar-refractivity contribution in [2.24, 2.45) is 0 Å². The van der Waals surface area contributed by atoms with Gasteiger partial charge in [-0.2, -0.15) is 0 Å². The van der Waals surface area contributed by atoms with Gasteiger partial charge < -0.3 is 4.90 Å². The number of benzene rings is 1. The first kappa shape index (κ1) is 18.6. The van der Waals surface area contributed by atoms with E-state index >= 15 is 0 Å². The van der Waals surface area contributed by atoms with Crippen LogP contribution < -0.4 is 10.5 Å². The Bertz CT molecular complexity index is 1190. The van der Waals surface area contributed by atoms with Crippen molar-refractivity contribution >= 4 is 44.5 Å². The van der Waals surface area contributed by atoms with E-state index in [4.69, 9.17) is 0 Å². The van der Waals surface area contributed by atoms with Crippen LogP contribution in [-0.4, -0.2) is 22.0 Å². The Morgan fingerprint density at radius 2 is 1.96 bits per heavy atom. The molecule has 0 atom stereocenters. The average molecular weight is 410 g/mol. The minimum absolute atomic E-state index is 0.0384. The largest absolute Gasteiger partial charge is 0.311 e. The predicted octanol–water partition coefficient (Wildman–Crippen LogP) is 4.55. The monoisotopic (exact) mass is 409 g/mol. The van der Waals surface area contributed by atoms with Crippen LogP contribution >= 0.6 is 22.7 Å². The Morgan fingerprint density at radius 3 is 2.64 bits per heavy atom. The number of amides is 1. The second kappa shape index (κ2) is 7.69. The quantitative estimate of drug-likeness (QED) is 0.486. The summed E-state index contributed by atoms with van der Waals surface area (Å²) >= 11 is 3.10. The van der Waals surface area contributed by atoms with Gasteiger partial charge in [-0.25, -0.2) is 4.98 Å². The molecule has 1 aromatic carbocycles. The highest BCUT2D eigenvalue weighted by molar-refractivity contribution is 7.19. The number of anilines is 1. The van der Waals surface area contributed by atoms with Crippen molar-refractivity contribution in [1.82, 2.24) is 9.55 Å². The second-order valence-electron chi connectivity index (χ2n) is 6.39. The van der Waals surface area contributed by atoms with Crippen LogP contribution in [0.3, 0.4) is 0 Å². The van der Waals surface area contributed by atoms with Crippen molar-refractivity contribution in [3.8, 4) is 10.4 Å². The number of carbonyl (C=O) groups excluding carboxylic acids is 1. The standard InChI is InChI=1S/C21H19N3O2S2/c1-3-24(15-7-5-4-6-8-15)18(25)11-23-13-22-20-19(21(23)26)16(12-27-20)17-10-9-14(2)28-17/h4-10,12-13H,3,11H2,1-2H3. The lowest BCUT2D eigenvalue weighted by Gasteiger charge is -2.21. The van der Waals surface area contributed by atoms with Crippen LogP contribution in [0, 0.1) is 6.92 Å². The maximum Gasteiger partial charge on any atom is 0.263 e. The lowest BCUT2D eigenvalue weighted by atomic mass is 10.2. The van der Waals surface area contributed by atoms with Crippen molar-refractivity contribution in [3.63, 3.8) is 0 Å². The van der Waals surface area contributed by atoms with Crippen LogP contribution in [0.15, 0.2) is 59.0 Å². The molecule has 0 saturated heterocycles. The number of carbonyl (C=O) groups is 1. The molecule has 0 unspecified atom stereocenters. The number of fused-ring (bicyclic) bond motifs is 1. The molecule has 3 heterocycles. The zero-order chi connectivity index (χ0) is 19.7. The highest BCUT2D eigenvalue weighted by atomic mass is 32.1. The van der Waals surface area contributed by atoms with Crippen LogP contribution in [0.1, 0.15) is 11.8 Å². The second-order valence-corrected chi connectivity index (χ2v) is 8.54. The third-order valence-corrected chi connectivity index (χ3v) is 6.48. The summed E-state index contributed by atoms with van der Waals surface area (Å²) in [6, 6.07) is 13.5. The summed E-state index contributed by atoms with van der Waals surface area (Å²) in [4.78, 5) is 35.0. The van der Waals surface area contributed by atoms with Crippen molar-refractivity contribution in [2.45, 2.75) is 20.4 Å². The fraction of sp³-hybridized carbons (Fsp3) is 0.190. The number of likely N-dealkylation sites (N-methyl/N-ethyl adjacent to an activating group) is 1. The Labute approximate surface area is 170 Å². The molecule has 0 fully saturated rings. The van der Waals surface area contributed by atoms with Crippen molar-refractivity contribution in [1.29, 1.82) is 0 Å². The highest BCUT2D eigenvalue weighted by Crippen LogP contribution is 2.34. The van der Waals surface area contributed by atoms with Crippen molar-refractivity contribution in [2.75, 3.05) is 11.4 Å². The molecule has 0 radical (unpaired) electrons. The van der Waals surface area contributed by atoms with E-state index in [2.05, 4.69) is 4.98 Å². The van der Waals surface area contributed by atoms with E-state index in [9.17, 15) is 9.59 Å². The summed E-state index contributed by atoms with van der Waals surface area (Å²) in [5.41, 5.74) is 1.54. The summed E-state index contributed by atoms with van der Waals surface area (Å²) in [6.45, 7) is 4.46. The van der Waals surface area contributed by atoms with Crippen molar-refractivity contribution < 1.29 is 4.79 Å². The Morgan fingerprint density at radius 1 is 1.18 bits per heavy atom. The molecule has 5 nitrogen and oxygen atoms in total. The molecule has 3 aromatic heterocycles. The van der Waals surface area contributed by atoms with E-state index in [1.807, 2.05) is 61.7 Å². The molecule has 0 bridgehead atoms. The van der Waals surface area contributed by atoms with Crippen LogP contribution in [0.5, 0.6) is 0 Å². The van der Waals surface area contributed by atoms with Crippen molar-refractivity contribution in [3.05, 3.63) is 69.4 Å². The molecule has 0 N–H and O–H groups in total. The summed E-state index contributed by atoms with van der Waals surface area (Å²) < 4.78 is 1.41. The average Bonchev–Trinajstić information content (AvgIpc) is 3.32. The van der Waals surface area contributed by atoms with Crippen LogP contribution in [0.4, 0.5) is 5.69 Å². The molecule has 142 valence electrons. The SMILES string of the molecule is CCN(C(=O)Cn1cnc2scc(-c3ccc(C)s3)c2c1=O)c1ccccc1. The third kappa shape index (κ3) is 3.39. The molecule has 1 amide bonds. The van der Waals surface area contributed by atoms with Gasteiger partial charge in [0.1, 0.15) is 11.4 Å². The van der Waals surface area contributed by atoms with Gasteiger partial charge in [-0.15, -0.1) is 22.7 Å². The normalized spacial score (nSPS) is 11.1. The molecule has 28 heavy (non-hydrogen) atoms. The Hall–Kier alpha value is -2.77. The van der Waals surface area contributed by atoms with Gasteiger partial charge in [0.15, 0.2) is 0 Å². The Balaban J connectivity index is 1.70. The zero-order valence-electron chi connectivity index (χ0n) is 15.6. The molecule has 4 aromatic rings. The van der Waals surface area contributed by atoms with E-state index in [1.165, 1.54) is 27.1 Å². The fourth-order valence-corrected chi connectivity index (χ4v) is 5.04. The lowest BCUT2D eigenvalue weighted by Crippen LogP contribution is -2.36. The Kier molecular flexibility index (Phi) is 5.11. The first-order chi connectivity index (χ1) is 13.6. The number of aryl methyl sites for hydroxylation is 1. The van der Waals surface area contributed by atoms with E-state index in [-0.39, 0.29) is 18.0 Å². The third-order valence-electron chi connectivity index (χ3n) is 4.56. The van der Waals surface area contributed by atoms with Gasteiger partial charge in [-0.05, 0) is 38.1 Å². The van der Waals surface area contributed by atoms with Crippen LogP contribution in [0.2, 0.25) is 0 Å². The molecular weight excluding hydrogens is 390 g/mol. The zero-order valence-corrected chi connectivity index (χ0v) is 17.2. The molecule has 7 heteroatoms. The maximum absolute atomic E-state index is 13.1. The number of hydrogen-bond donors (Lipinski definition) is 0. The minimum atomic E-state index is -0.176. The lowest BCUT2D eigenvalue weighted by molar-refractivity contribution is -0.119. The molecule has 0 saturated carbocycles. The minimum Gasteiger partial charge on any atom is -0.311 e. The summed E-state index contributed by atoms with van der Waals surface area (Å²) in [5, 5.41) is 2.56. The fourth-order valence-electron chi connectivity index (χ4n) is 3.18. The van der Waals surface area contributed by atoms with E-state index in [0.29, 0.717) is 16.8 Å². The molecule has 0 aliphatic carbocycles. The summed E-state index contributed by atoms with van der Waals surface area (Å²) in [6.07, 6.45) is 1.47. The molecular formula is C21H19N3O2S2. The molecule has 4 rings (SSSR count). The van der Waals surface area contributed by atoms with E-state index in [0.717, 1.165) is 16.1 Å². The smallest absolute Gasteiger partial charge is 0.263 e. The van der Waals surface area contributed by atoms with Gasteiger partial charge >= 0.3 is 0 Å². The van der Waals surface area contributed by atoms with Gasteiger partial charge in [0.05, 0.1) is 11.7 Å². The number of aromatic nitrogens is 2. The predicted molar refractivity (Wildman–Crippen MR) is 116 cm³/mol. The van der Waals surface area contributed by atoms with Gasteiger partial charge in [0, 0.05) is 32.9 Å². The van der Waals surface area contributed by atoms with E-state index in [1.54, 1.807) is 16.2 Å². The van der Waals surface area contributed by atoms with Gasteiger partial charge in [0.2, 0.25) is 5.91 Å². The first-order valence-corrected chi connectivity index (χ1v) is 10.7. The first-order valence-electron chi connectivity index (χ1n) is 8.97. The topological polar surface area (TPSA) is 55.2 Å². The highest BCUT2D eigenvalue weighted by Gasteiger charge is 2.18. The molecule has 0 spiro atoms. The number of nitrogens with zero attached hydrogens (tertiary/aromatic N) is 3.